The highest BCUT2D eigenvalue weighted by atomic mass is 19.1. The lowest BCUT2D eigenvalue weighted by Crippen LogP contribution is -2.15. The van der Waals surface area contributed by atoms with Crippen molar-refractivity contribution in [1.29, 1.82) is 5.26 Å². The molecule has 0 unspecified atom stereocenters. The molecule has 0 aliphatic carbocycles. The van der Waals surface area contributed by atoms with Crippen LogP contribution >= 0.6 is 0 Å². The number of benzene rings is 1. The van der Waals surface area contributed by atoms with Gasteiger partial charge < -0.3 is 5.32 Å². The van der Waals surface area contributed by atoms with Gasteiger partial charge in [-0.15, -0.1) is 0 Å². The number of halogens is 2. The zero-order chi connectivity index (χ0) is 13.7. The lowest BCUT2D eigenvalue weighted by molar-refractivity contribution is 0.534. The van der Waals surface area contributed by atoms with Gasteiger partial charge in [0.2, 0.25) is 0 Å². The molecule has 1 aromatic carbocycles. The molecule has 0 saturated carbocycles. The second-order valence-electron chi connectivity index (χ2n) is 3.99. The molecule has 0 spiro atoms. The fourth-order valence-corrected chi connectivity index (χ4v) is 1.67. The molecule has 2 rings (SSSR count). The molecular formula is C14H11F2N3. The van der Waals surface area contributed by atoms with Crippen LogP contribution in [0.2, 0.25) is 0 Å². The molecule has 96 valence electrons. The highest BCUT2D eigenvalue weighted by molar-refractivity contribution is 5.34. The van der Waals surface area contributed by atoms with Crippen LogP contribution in [-0.2, 0) is 13.1 Å². The van der Waals surface area contributed by atoms with E-state index < -0.39 is 11.6 Å². The smallest absolute Gasteiger partial charge is 0.131 e. The van der Waals surface area contributed by atoms with E-state index >= 15 is 0 Å². The topological polar surface area (TPSA) is 48.7 Å². The molecule has 0 bridgehead atoms. The van der Waals surface area contributed by atoms with Crippen LogP contribution in [0.25, 0.3) is 0 Å². The predicted molar refractivity (Wildman–Crippen MR) is 65.9 cm³/mol. The van der Waals surface area contributed by atoms with Crippen LogP contribution in [0.4, 0.5) is 8.78 Å². The number of nitrogens with zero attached hydrogens (tertiary/aromatic N) is 2. The number of nitriles is 1. The molecule has 3 nitrogen and oxygen atoms in total. The zero-order valence-electron chi connectivity index (χ0n) is 10.0. The van der Waals surface area contributed by atoms with Gasteiger partial charge in [0.25, 0.3) is 0 Å². The molecule has 0 atom stereocenters. The Hall–Kier alpha value is -2.32. The summed E-state index contributed by atoms with van der Waals surface area (Å²) in [6.07, 6.45) is 3.31. The lowest BCUT2D eigenvalue weighted by Gasteiger charge is -2.07. The minimum Gasteiger partial charge on any atom is -0.308 e. The van der Waals surface area contributed by atoms with Crippen LogP contribution < -0.4 is 5.32 Å². The van der Waals surface area contributed by atoms with E-state index in [0.717, 1.165) is 17.7 Å². The van der Waals surface area contributed by atoms with Crippen LogP contribution in [0.15, 0.2) is 36.7 Å². The quantitative estimate of drug-likeness (QED) is 0.917. The molecule has 1 aromatic heterocycles. The molecule has 1 N–H and O–H groups in total. The summed E-state index contributed by atoms with van der Waals surface area (Å²) in [5.41, 5.74) is 0.894. The van der Waals surface area contributed by atoms with E-state index in [0.29, 0.717) is 6.54 Å². The second-order valence-corrected chi connectivity index (χ2v) is 3.99. The van der Waals surface area contributed by atoms with Crippen molar-refractivity contribution >= 4 is 0 Å². The van der Waals surface area contributed by atoms with Crippen molar-refractivity contribution < 1.29 is 8.78 Å². The maximum atomic E-state index is 13.6. The fraction of sp³-hybridized carbons (Fsp3) is 0.143. The van der Waals surface area contributed by atoms with Gasteiger partial charge in [-0.05, 0) is 29.8 Å². The number of nitrogens with one attached hydrogen (secondary N) is 1. The van der Waals surface area contributed by atoms with E-state index in [1.807, 2.05) is 12.1 Å². The van der Waals surface area contributed by atoms with Crippen molar-refractivity contribution in [2.45, 2.75) is 13.1 Å². The summed E-state index contributed by atoms with van der Waals surface area (Å²) in [5, 5.41) is 11.5. The normalized spacial score (nSPS) is 10.2. The molecule has 5 heteroatoms. The standard InChI is InChI=1S/C14H11F2N3/c15-13-5-11(7-17)6-14(16)12(13)9-19-8-10-1-3-18-4-2-10/h1-6,19H,8-9H2. The summed E-state index contributed by atoms with van der Waals surface area (Å²) >= 11 is 0. The van der Waals surface area contributed by atoms with Crippen LogP contribution in [0.1, 0.15) is 16.7 Å². The molecule has 2 aromatic rings. The highest BCUT2D eigenvalue weighted by Crippen LogP contribution is 2.15. The Morgan fingerprint density at radius 2 is 1.74 bits per heavy atom. The fourth-order valence-electron chi connectivity index (χ4n) is 1.67. The summed E-state index contributed by atoms with van der Waals surface area (Å²) in [5.74, 6) is -1.42. The minimum atomic E-state index is -0.709. The Kier molecular flexibility index (Phi) is 4.16. The van der Waals surface area contributed by atoms with Crippen molar-refractivity contribution in [3.8, 4) is 6.07 Å². The predicted octanol–water partition coefficient (Wildman–Crippen LogP) is 2.52. The third-order valence-electron chi connectivity index (χ3n) is 2.65. The Balaban J connectivity index is 2.02. The summed E-state index contributed by atoms with van der Waals surface area (Å²) < 4.78 is 27.2. The maximum absolute atomic E-state index is 13.6. The third-order valence-corrected chi connectivity index (χ3v) is 2.65. The molecule has 19 heavy (non-hydrogen) atoms. The molecular weight excluding hydrogens is 248 g/mol. The number of hydrogen-bond donors (Lipinski definition) is 1. The number of rotatable bonds is 4. The van der Waals surface area contributed by atoms with Gasteiger partial charge in [0.05, 0.1) is 11.6 Å². The first-order valence-electron chi connectivity index (χ1n) is 5.68. The molecule has 0 saturated heterocycles. The average molecular weight is 259 g/mol. The first kappa shape index (κ1) is 13.1. The van der Waals surface area contributed by atoms with Gasteiger partial charge in [-0.3, -0.25) is 4.98 Å². The Morgan fingerprint density at radius 3 is 2.32 bits per heavy atom. The van der Waals surface area contributed by atoms with Crippen molar-refractivity contribution in [3.05, 3.63) is 65.0 Å². The zero-order valence-corrected chi connectivity index (χ0v) is 10.0. The van der Waals surface area contributed by atoms with Gasteiger partial charge in [-0.2, -0.15) is 5.26 Å². The van der Waals surface area contributed by atoms with Gasteiger partial charge in [0.1, 0.15) is 11.6 Å². The summed E-state index contributed by atoms with van der Waals surface area (Å²) in [6.45, 7) is 0.549. The van der Waals surface area contributed by atoms with Crippen molar-refractivity contribution in [3.63, 3.8) is 0 Å². The van der Waals surface area contributed by atoms with E-state index in [1.165, 1.54) is 0 Å². The lowest BCUT2D eigenvalue weighted by atomic mass is 10.1. The minimum absolute atomic E-state index is 0.0205. The van der Waals surface area contributed by atoms with Crippen LogP contribution in [0, 0.1) is 23.0 Å². The first-order chi connectivity index (χ1) is 9.20. The number of aromatic nitrogens is 1. The summed E-state index contributed by atoms with van der Waals surface area (Å²) in [4.78, 5) is 3.88. The SMILES string of the molecule is N#Cc1cc(F)c(CNCc2ccncc2)c(F)c1. The average Bonchev–Trinajstić information content (AvgIpc) is 2.42. The van der Waals surface area contributed by atoms with E-state index in [1.54, 1.807) is 18.5 Å². The Bertz CT molecular complexity index is 583. The van der Waals surface area contributed by atoms with Gasteiger partial charge >= 0.3 is 0 Å². The first-order valence-corrected chi connectivity index (χ1v) is 5.68. The molecule has 0 fully saturated rings. The van der Waals surface area contributed by atoms with Gasteiger partial charge in [-0.25, -0.2) is 8.78 Å². The van der Waals surface area contributed by atoms with E-state index in [9.17, 15) is 8.78 Å². The summed E-state index contributed by atoms with van der Waals surface area (Å²) in [7, 11) is 0. The Morgan fingerprint density at radius 1 is 1.11 bits per heavy atom. The van der Waals surface area contributed by atoms with Crippen LogP contribution in [-0.4, -0.2) is 4.98 Å². The molecule has 0 aliphatic heterocycles. The van der Waals surface area contributed by atoms with E-state index in [-0.39, 0.29) is 17.7 Å². The number of hydrogen-bond acceptors (Lipinski definition) is 3. The molecule has 1 heterocycles. The molecule has 0 radical (unpaired) electrons. The van der Waals surface area contributed by atoms with Gasteiger partial charge in [0, 0.05) is 31.0 Å². The van der Waals surface area contributed by atoms with Crippen molar-refractivity contribution in [2.75, 3.05) is 0 Å². The van der Waals surface area contributed by atoms with E-state index in [2.05, 4.69) is 10.3 Å². The second kappa shape index (κ2) is 6.03. The Labute approximate surface area is 109 Å². The van der Waals surface area contributed by atoms with Crippen molar-refractivity contribution in [2.24, 2.45) is 0 Å². The number of pyridine rings is 1. The molecule has 0 amide bonds. The van der Waals surface area contributed by atoms with Crippen LogP contribution in [0.5, 0.6) is 0 Å². The summed E-state index contributed by atoms with van der Waals surface area (Å²) in [6, 6.07) is 7.41. The van der Waals surface area contributed by atoms with Crippen LogP contribution in [0.3, 0.4) is 0 Å². The largest absolute Gasteiger partial charge is 0.308 e. The van der Waals surface area contributed by atoms with E-state index in [4.69, 9.17) is 5.26 Å². The van der Waals surface area contributed by atoms with Crippen molar-refractivity contribution in [1.82, 2.24) is 10.3 Å². The molecule has 0 aliphatic rings. The third kappa shape index (κ3) is 3.33. The van der Waals surface area contributed by atoms with Gasteiger partial charge in [-0.1, -0.05) is 0 Å². The monoisotopic (exact) mass is 259 g/mol. The maximum Gasteiger partial charge on any atom is 0.131 e. The highest BCUT2D eigenvalue weighted by Gasteiger charge is 2.10. The van der Waals surface area contributed by atoms with Gasteiger partial charge in [0.15, 0.2) is 0 Å².